The second kappa shape index (κ2) is 5.64. The van der Waals surface area contributed by atoms with Crippen LogP contribution in [0.1, 0.15) is 34.1 Å². The van der Waals surface area contributed by atoms with Crippen molar-refractivity contribution < 1.29 is 0 Å². The maximum atomic E-state index is 8.03. The second-order valence-electron chi connectivity index (χ2n) is 4.84. The van der Waals surface area contributed by atoms with Crippen molar-refractivity contribution in [2.45, 2.75) is 40.2 Å². The SMILES string of the molecule is CSCCC(C)N(C)C(=N)C(C)(C)C. The van der Waals surface area contributed by atoms with Gasteiger partial charge in [-0.2, -0.15) is 11.8 Å². The predicted octanol–water partition coefficient (Wildman–Crippen LogP) is 3.08. The first-order chi connectivity index (χ1) is 6.30. The van der Waals surface area contributed by atoms with Gasteiger partial charge in [-0.05, 0) is 25.4 Å². The van der Waals surface area contributed by atoms with Crippen LogP contribution in [0.3, 0.4) is 0 Å². The van der Waals surface area contributed by atoms with E-state index in [0.29, 0.717) is 6.04 Å². The van der Waals surface area contributed by atoms with Crippen LogP contribution in [-0.2, 0) is 0 Å². The van der Waals surface area contributed by atoms with Crippen LogP contribution in [0, 0.1) is 10.8 Å². The number of hydrogen-bond acceptors (Lipinski definition) is 2. The van der Waals surface area contributed by atoms with Crippen LogP contribution in [0.15, 0.2) is 0 Å². The maximum Gasteiger partial charge on any atom is 0.101 e. The summed E-state index contributed by atoms with van der Waals surface area (Å²) in [6.07, 6.45) is 3.28. The van der Waals surface area contributed by atoms with Gasteiger partial charge in [0, 0.05) is 18.5 Å². The molecule has 0 aromatic rings. The minimum Gasteiger partial charge on any atom is -0.360 e. The lowest BCUT2D eigenvalue weighted by Gasteiger charge is -2.34. The highest BCUT2D eigenvalue weighted by Crippen LogP contribution is 2.19. The Hall–Kier alpha value is -0.180. The molecule has 0 radical (unpaired) electrons. The molecule has 1 atom stereocenters. The fraction of sp³-hybridized carbons (Fsp3) is 0.909. The molecule has 1 N–H and O–H groups in total. The molecule has 3 heteroatoms. The molecule has 0 aromatic carbocycles. The Balaban J connectivity index is 4.18. The highest BCUT2D eigenvalue weighted by Gasteiger charge is 2.23. The lowest BCUT2D eigenvalue weighted by atomic mass is 9.93. The molecule has 0 aliphatic carbocycles. The Morgan fingerprint density at radius 3 is 2.29 bits per heavy atom. The molecule has 14 heavy (non-hydrogen) atoms. The van der Waals surface area contributed by atoms with Crippen molar-refractivity contribution in [2.75, 3.05) is 19.1 Å². The van der Waals surface area contributed by atoms with Gasteiger partial charge in [-0.25, -0.2) is 0 Å². The Bertz CT molecular complexity index is 184. The molecule has 0 fully saturated rings. The van der Waals surface area contributed by atoms with E-state index in [4.69, 9.17) is 5.41 Å². The summed E-state index contributed by atoms with van der Waals surface area (Å²) in [5, 5.41) is 8.03. The van der Waals surface area contributed by atoms with E-state index in [2.05, 4.69) is 38.9 Å². The van der Waals surface area contributed by atoms with Crippen molar-refractivity contribution in [1.29, 1.82) is 5.41 Å². The van der Waals surface area contributed by atoms with Gasteiger partial charge in [0.2, 0.25) is 0 Å². The van der Waals surface area contributed by atoms with Gasteiger partial charge >= 0.3 is 0 Å². The zero-order valence-electron chi connectivity index (χ0n) is 10.3. The molecule has 0 saturated heterocycles. The minimum atomic E-state index is -0.0393. The summed E-state index contributed by atoms with van der Waals surface area (Å²) >= 11 is 1.87. The maximum absolute atomic E-state index is 8.03. The molecule has 0 amide bonds. The van der Waals surface area contributed by atoms with Crippen molar-refractivity contribution in [3.05, 3.63) is 0 Å². The van der Waals surface area contributed by atoms with Gasteiger partial charge in [0.25, 0.3) is 0 Å². The highest BCUT2D eigenvalue weighted by atomic mass is 32.2. The summed E-state index contributed by atoms with van der Waals surface area (Å²) in [4.78, 5) is 2.09. The van der Waals surface area contributed by atoms with Crippen LogP contribution < -0.4 is 0 Å². The monoisotopic (exact) mass is 216 g/mol. The van der Waals surface area contributed by atoms with Crippen LogP contribution in [-0.4, -0.2) is 35.8 Å². The fourth-order valence-electron chi connectivity index (χ4n) is 1.23. The zero-order chi connectivity index (χ0) is 11.4. The van der Waals surface area contributed by atoms with Crippen molar-refractivity contribution in [2.24, 2.45) is 5.41 Å². The Morgan fingerprint density at radius 2 is 1.93 bits per heavy atom. The Kier molecular flexibility index (Phi) is 5.57. The Labute approximate surface area is 93.0 Å². The van der Waals surface area contributed by atoms with Gasteiger partial charge in [0.05, 0.1) is 0 Å². The van der Waals surface area contributed by atoms with Gasteiger partial charge in [0.15, 0.2) is 0 Å². The molecule has 1 unspecified atom stereocenters. The molecule has 0 aliphatic heterocycles. The number of rotatable bonds is 4. The first-order valence-electron chi connectivity index (χ1n) is 5.11. The smallest absolute Gasteiger partial charge is 0.101 e. The van der Waals surface area contributed by atoms with Crippen LogP contribution in [0.4, 0.5) is 0 Å². The lowest BCUT2D eigenvalue weighted by Crippen LogP contribution is -2.41. The third kappa shape index (κ3) is 4.36. The fourth-order valence-corrected chi connectivity index (χ4v) is 1.81. The summed E-state index contributed by atoms with van der Waals surface area (Å²) in [6, 6.07) is 0.467. The van der Waals surface area contributed by atoms with Crippen molar-refractivity contribution >= 4 is 17.6 Å². The van der Waals surface area contributed by atoms with E-state index in [1.54, 1.807) is 0 Å². The number of nitrogens with zero attached hydrogens (tertiary/aromatic N) is 1. The first kappa shape index (κ1) is 13.8. The van der Waals surface area contributed by atoms with E-state index < -0.39 is 0 Å². The van der Waals surface area contributed by atoms with Gasteiger partial charge < -0.3 is 4.90 Å². The quantitative estimate of drug-likeness (QED) is 0.577. The normalized spacial score (nSPS) is 13.9. The molecule has 0 aromatic heterocycles. The molecular weight excluding hydrogens is 192 g/mol. The van der Waals surface area contributed by atoms with Crippen LogP contribution >= 0.6 is 11.8 Å². The van der Waals surface area contributed by atoms with Gasteiger partial charge in [0.1, 0.15) is 5.84 Å². The molecular formula is C11H24N2S. The summed E-state index contributed by atoms with van der Waals surface area (Å²) in [5.41, 5.74) is -0.0393. The largest absolute Gasteiger partial charge is 0.360 e. The van der Waals surface area contributed by atoms with E-state index in [9.17, 15) is 0 Å². The molecule has 2 nitrogen and oxygen atoms in total. The predicted molar refractivity (Wildman–Crippen MR) is 67.4 cm³/mol. The summed E-state index contributed by atoms with van der Waals surface area (Å²) < 4.78 is 0. The van der Waals surface area contributed by atoms with Crippen molar-refractivity contribution in [3.8, 4) is 0 Å². The van der Waals surface area contributed by atoms with E-state index >= 15 is 0 Å². The second-order valence-corrected chi connectivity index (χ2v) is 5.83. The van der Waals surface area contributed by atoms with E-state index in [-0.39, 0.29) is 5.41 Å². The van der Waals surface area contributed by atoms with E-state index in [1.165, 1.54) is 5.75 Å². The molecule has 0 spiro atoms. The summed E-state index contributed by atoms with van der Waals surface area (Å²) in [6.45, 7) is 8.46. The average molecular weight is 216 g/mol. The molecule has 84 valence electrons. The van der Waals surface area contributed by atoms with Gasteiger partial charge in [-0.15, -0.1) is 0 Å². The number of amidine groups is 1. The van der Waals surface area contributed by atoms with Crippen molar-refractivity contribution in [3.63, 3.8) is 0 Å². The lowest BCUT2D eigenvalue weighted by molar-refractivity contribution is 0.340. The van der Waals surface area contributed by atoms with Crippen molar-refractivity contribution in [1.82, 2.24) is 4.90 Å². The molecule has 0 aliphatic rings. The van der Waals surface area contributed by atoms with Gasteiger partial charge in [-0.1, -0.05) is 20.8 Å². The molecule has 0 saturated carbocycles. The third-order valence-electron chi connectivity index (χ3n) is 2.46. The van der Waals surface area contributed by atoms with Crippen LogP contribution in [0.25, 0.3) is 0 Å². The third-order valence-corrected chi connectivity index (χ3v) is 3.11. The highest BCUT2D eigenvalue weighted by molar-refractivity contribution is 7.98. The standard InChI is InChI=1S/C11H24N2S/c1-9(7-8-14-6)13(5)10(12)11(2,3)4/h9,12H,7-8H2,1-6H3. The van der Waals surface area contributed by atoms with E-state index in [1.807, 2.05) is 18.8 Å². The topological polar surface area (TPSA) is 27.1 Å². The first-order valence-corrected chi connectivity index (χ1v) is 6.51. The van der Waals surface area contributed by atoms with Gasteiger partial charge in [-0.3, -0.25) is 5.41 Å². The van der Waals surface area contributed by atoms with E-state index in [0.717, 1.165) is 12.3 Å². The average Bonchev–Trinajstić information content (AvgIpc) is 2.10. The van der Waals surface area contributed by atoms with Crippen LogP contribution in [0.5, 0.6) is 0 Å². The number of nitrogens with one attached hydrogen (secondary N) is 1. The molecule has 0 bridgehead atoms. The summed E-state index contributed by atoms with van der Waals surface area (Å²) in [5.74, 6) is 1.90. The molecule has 0 heterocycles. The Morgan fingerprint density at radius 1 is 1.43 bits per heavy atom. The number of hydrogen-bond donors (Lipinski definition) is 1. The zero-order valence-corrected chi connectivity index (χ0v) is 11.2. The molecule has 0 rings (SSSR count). The summed E-state index contributed by atoms with van der Waals surface area (Å²) in [7, 11) is 2.03. The number of thioether (sulfide) groups is 1. The minimum absolute atomic E-state index is 0.0393. The van der Waals surface area contributed by atoms with Crippen LogP contribution in [0.2, 0.25) is 0 Å².